The lowest BCUT2D eigenvalue weighted by Gasteiger charge is -2.05. The molecule has 0 bridgehead atoms. The van der Waals surface area contributed by atoms with Crippen LogP contribution in [0.2, 0.25) is 5.02 Å². The topological polar surface area (TPSA) is 59.3 Å². The molecule has 0 unspecified atom stereocenters. The molecule has 0 aliphatic carbocycles. The Balaban J connectivity index is 1.86. The normalized spacial score (nSPS) is 11.6. The van der Waals surface area contributed by atoms with Crippen molar-refractivity contribution in [2.45, 2.75) is 11.4 Å². The number of halogens is 1. The number of hydrogen-bond donors (Lipinski definition) is 1. The van der Waals surface area contributed by atoms with Gasteiger partial charge in [0.05, 0.1) is 23.5 Å². The minimum atomic E-state index is -3.27. The van der Waals surface area contributed by atoms with Gasteiger partial charge >= 0.3 is 0 Å². The van der Waals surface area contributed by atoms with Crippen molar-refractivity contribution in [3.05, 3.63) is 53.4 Å². The zero-order chi connectivity index (χ0) is 13.7. The molecule has 4 nitrogen and oxygen atoms in total. The number of furan rings is 1. The third-order valence-electron chi connectivity index (χ3n) is 2.60. The van der Waals surface area contributed by atoms with Crippen molar-refractivity contribution >= 4 is 21.4 Å². The molecule has 6 heteroatoms. The van der Waals surface area contributed by atoms with Crippen LogP contribution >= 0.6 is 11.6 Å². The van der Waals surface area contributed by atoms with E-state index in [9.17, 15) is 8.42 Å². The van der Waals surface area contributed by atoms with Gasteiger partial charge in [0.1, 0.15) is 5.76 Å². The summed E-state index contributed by atoms with van der Waals surface area (Å²) in [7, 11) is -3.27. The summed E-state index contributed by atoms with van der Waals surface area (Å²) >= 11 is 5.73. The second kappa shape index (κ2) is 6.23. The van der Waals surface area contributed by atoms with E-state index < -0.39 is 9.84 Å². The monoisotopic (exact) mass is 299 g/mol. The lowest BCUT2D eigenvalue weighted by Crippen LogP contribution is -2.22. The van der Waals surface area contributed by atoms with Gasteiger partial charge in [-0.15, -0.1) is 0 Å². The molecule has 0 aliphatic heterocycles. The summed E-state index contributed by atoms with van der Waals surface area (Å²) in [5.41, 5.74) is 0. The van der Waals surface area contributed by atoms with Crippen LogP contribution in [0.3, 0.4) is 0 Å². The van der Waals surface area contributed by atoms with Crippen molar-refractivity contribution in [3.8, 4) is 0 Å². The fourth-order valence-corrected chi connectivity index (χ4v) is 2.92. The Morgan fingerprint density at radius 3 is 2.53 bits per heavy atom. The van der Waals surface area contributed by atoms with Crippen LogP contribution in [-0.4, -0.2) is 20.7 Å². The molecule has 19 heavy (non-hydrogen) atoms. The van der Waals surface area contributed by atoms with Gasteiger partial charge in [0.2, 0.25) is 0 Å². The summed E-state index contributed by atoms with van der Waals surface area (Å²) in [6, 6.07) is 9.81. The van der Waals surface area contributed by atoms with E-state index in [0.717, 1.165) is 5.76 Å². The van der Waals surface area contributed by atoms with Crippen molar-refractivity contribution in [2.75, 3.05) is 12.3 Å². The molecule has 1 aromatic heterocycles. The number of nitrogens with one attached hydrogen (secondary N) is 1. The summed E-state index contributed by atoms with van der Waals surface area (Å²) in [6.07, 6.45) is 1.58. The number of hydrogen-bond acceptors (Lipinski definition) is 4. The van der Waals surface area contributed by atoms with Crippen LogP contribution in [0.5, 0.6) is 0 Å². The highest BCUT2D eigenvalue weighted by Gasteiger charge is 2.13. The van der Waals surface area contributed by atoms with Gasteiger partial charge in [0, 0.05) is 11.6 Å². The van der Waals surface area contributed by atoms with Crippen LogP contribution < -0.4 is 5.32 Å². The van der Waals surface area contributed by atoms with Gasteiger partial charge in [-0.25, -0.2) is 8.42 Å². The molecule has 1 heterocycles. The molecule has 0 spiro atoms. The van der Waals surface area contributed by atoms with Crippen molar-refractivity contribution in [2.24, 2.45) is 0 Å². The Labute approximate surface area is 117 Å². The van der Waals surface area contributed by atoms with E-state index in [4.69, 9.17) is 16.0 Å². The summed E-state index contributed by atoms with van der Waals surface area (Å²) < 4.78 is 29.1. The Hall–Kier alpha value is -1.30. The second-order valence-corrected chi connectivity index (χ2v) is 6.57. The molecule has 2 rings (SSSR count). The zero-order valence-electron chi connectivity index (χ0n) is 10.2. The highest BCUT2D eigenvalue weighted by atomic mass is 35.5. The van der Waals surface area contributed by atoms with Crippen LogP contribution in [0.1, 0.15) is 5.76 Å². The molecular formula is C13H14ClNO3S. The van der Waals surface area contributed by atoms with Crippen LogP contribution in [0.4, 0.5) is 0 Å². The van der Waals surface area contributed by atoms with Gasteiger partial charge in [-0.2, -0.15) is 0 Å². The largest absolute Gasteiger partial charge is 0.468 e. The first-order valence-electron chi connectivity index (χ1n) is 5.79. The molecule has 0 fully saturated rings. The Bertz CT molecular complexity index is 606. The van der Waals surface area contributed by atoms with E-state index in [1.165, 1.54) is 12.1 Å². The molecule has 1 N–H and O–H groups in total. The predicted molar refractivity (Wildman–Crippen MR) is 73.9 cm³/mol. The standard InChI is InChI=1S/C13H14ClNO3S/c14-11-3-5-13(6-4-11)19(16,17)9-7-15-10-12-2-1-8-18-12/h1-6,8,15H,7,9-10H2. The van der Waals surface area contributed by atoms with Gasteiger partial charge in [0.15, 0.2) is 9.84 Å². The van der Waals surface area contributed by atoms with E-state index in [1.54, 1.807) is 24.5 Å². The molecule has 2 aromatic rings. The van der Waals surface area contributed by atoms with Crippen molar-refractivity contribution in [3.63, 3.8) is 0 Å². The summed E-state index contributed by atoms with van der Waals surface area (Å²) in [5, 5.41) is 3.55. The van der Waals surface area contributed by atoms with Crippen LogP contribution in [0.15, 0.2) is 52.0 Å². The SMILES string of the molecule is O=S(=O)(CCNCc1ccco1)c1ccc(Cl)cc1. The van der Waals surface area contributed by atoms with Gasteiger partial charge in [0.25, 0.3) is 0 Å². The van der Waals surface area contributed by atoms with Gasteiger partial charge < -0.3 is 9.73 Å². The van der Waals surface area contributed by atoms with Crippen LogP contribution in [0, 0.1) is 0 Å². The fourth-order valence-electron chi connectivity index (χ4n) is 1.59. The van der Waals surface area contributed by atoms with Crippen LogP contribution in [0.25, 0.3) is 0 Å². The average molecular weight is 300 g/mol. The van der Waals surface area contributed by atoms with Gasteiger partial charge in [-0.3, -0.25) is 0 Å². The highest BCUT2D eigenvalue weighted by Crippen LogP contribution is 2.15. The van der Waals surface area contributed by atoms with Crippen molar-refractivity contribution in [1.29, 1.82) is 0 Å². The van der Waals surface area contributed by atoms with Gasteiger partial charge in [-0.1, -0.05) is 11.6 Å². The minimum absolute atomic E-state index is 0.0370. The molecule has 0 amide bonds. The van der Waals surface area contributed by atoms with E-state index in [1.807, 2.05) is 6.07 Å². The third kappa shape index (κ3) is 4.09. The fraction of sp³-hybridized carbons (Fsp3) is 0.231. The molecule has 0 atom stereocenters. The third-order valence-corrected chi connectivity index (χ3v) is 4.58. The Morgan fingerprint density at radius 2 is 1.89 bits per heavy atom. The number of sulfone groups is 1. The first-order chi connectivity index (χ1) is 9.08. The molecule has 1 aromatic carbocycles. The summed E-state index contributed by atoms with van der Waals surface area (Å²) in [4.78, 5) is 0.289. The van der Waals surface area contributed by atoms with Gasteiger partial charge in [-0.05, 0) is 36.4 Å². The molecule has 0 aliphatic rings. The Morgan fingerprint density at radius 1 is 1.16 bits per heavy atom. The molecular weight excluding hydrogens is 286 g/mol. The lowest BCUT2D eigenvalue weighted by atomic mass is 10.4. The molecule has 0 saturated heterocycles. The molecule has 102 valence electrons. The maximum Gasteiger partial charge on any atom is 0.179 e. The number of benzene rings is 1. The van der Waals surface area contributed by atoms with Crippen molar-refractivity contribution in [1.82, 2.24) is 5.32 Å². The summed E-state index contributed by atoms with van der Waals surface area (Å²) in [6.45, 7) is 0.884. The minimum Gasteiger partial charge on any atom is -0.468 e. The van der Waals surface area contributed by atoms with E-state index in [-0.39, 0.29) is 10.6 Å². The number of rotatable bonds is 6. The quantitative estimate of drug-likeness (QED) is 0.833. The maximum atomic E-state index is 12.0. The molecule has 0 saturated carbocycles. The van der Waals surface area contributed by atoms with E-state index >= 15 is 0 Å². The second-order valence-electron chi connectivity index (χ2n) is 4.03. The zero-order valence-corrected chi connectivity index (χ0v) is 11.7. The smallest absolute Gasteiger partial charge is 0.179 e. The maximum absolute atomic E-state index is 12.0. The van der Waals surface area contributed by atoms with E-state index in [2.05, 4.69) is 5.32 Å². The lowest BCUT2D eigenvalue weighted by molar-refractivity contribution is 0.487. The van der Waals surface area contributed by atoms with Crippen LogP contribution in [-0.2, 0) is 16.4 Å². The Kier molecular flexibility index (Phi) is 4.63. The molecule has 0 radical (unpaired) electrons. The average Bonchev–Trinajstić information content (AvgIpc) is 2.88. The van der Waals surface area contributed by atoms with E-state index in [0.29, 0.717) is 18.1 Å². The highest BCUT2D eigenvalue weighted by molar-refractivity contribution is 7.91. The first kappa shape index (κ1) is 14.1. The van der Waals surface area contributed by atoms with Crippen molar-refractivity contribution < 1.29 is 12.8 Å². The summed E-state index contributed by atoms with van der Waals surface area (Å²) in [5.74, 6) is 0.818. The predicted octanol–water partition coefficient (Wildman–Crippen LogP) is 2.50. The first-order valence-corrected chi connectivity index (χ1v) is 7.82.